The minimum Gasteiger partial charge on any atom is -0.497 e. The van der Waals surface area contributed by atoms with E-state index in [2.05, 4.69) is 0 Å². The molecule has 0 aromatic heterocycles. The summed E-state index contributed by atoms with van der Waals surface area (Å²) >= 11 is 5.83. The molecule has 1 N–H and O–H groups in total. The molecule has 0 aliphatic heterocycles. The Morgan fingerprint density at radius 3 is 2.28 bits per heavy atom. The van der Waals surface area contributed by atoms with Gasteiger partial charge in [-0.3, -0.25) is 14.4 Å². The standard InChI is InChI=1S/C18H18ClNO5/c1-24-16-8-4-14(5-9-16)18(23)20(11-10-17(21)22)25-12-13-2-6-15(19)7-3-13/h2-9H,10-12H2,1H3,(H,21,22). The lowest BCUT2D eigenvalue weighted by atomic mass is 10.2. The molecule has 2 aromatic rings. The van der Waals surface area contributed by atoms with Crippen molar-refractivity contribution in [1.29, 1.82) is 0 Å². The number of amides is 1. The van der Waals surface area contributed by atoms with E-state index in [-0.39, 0.29) is 19.6 Å². The molecule has 0 heterocycles. The number of benzene rings is 2. The first kappa shape index (κ1) is 18.8. The van der Waals surface area contributed by atoms with Gasteiger partial charge in [0.25, 0.3) is 5.91 Å². The van der Waals surface area contributed by atoms with E-state index in [1.54, 1.807) is 48.5 Å². The van der Waals surface area contributed by atoms with E-state index in [1.165, 1.54) is 7.11 Å². The minimum atomic E-state index is -1.01. The van der Waals surface area contributed by atoms with Crippen molar-refractivity contribution < 1.29 is 24.3 Å². The maximum atomic E-state index is 12.6. The second-order valence-corrected chi connectivity index (χ2v) is 5.62. The molecular weight excluding hydrogens is 346 g/mol. The quantitative estimate of drug-likeness (QED) is 0.727. The Labute approximate surface area is 150 Å². The summed E-state index contributed by atoms with van der Waals surface area (Å²) < 4.78 is 5.06. The number of hydrogen-bond donors (Lipinski definition) is 1. The number of carbonyl (C=O) groups is 2. The molecule has 2 rings (SSSR count). The number of aliphatic carboxylic acids is 1. The molecule has 0 radical (unpaired) electrons. The van der Waals surface area contributed by atoms with Crippen LogP contribution in [0.25, 0.3) is 0 Å². The third-order valence-electron chi connectivity index (χ3n) is 3.39. The van der Waals surface area contributed by atoms with Crippen molar-refractivity contribution in [3.05, 3.63) is 64.7 Å². The molecule has 132 valence electrons. The first-order valence-corrected chi connectivity index (χ1v) is 7.92. The summed E-state index contributed by atoms with van der Waals surface area (Å²) in [4.78, 5) is 28.9. The number of rotatable bonds is 8. The summed E-state index contributed by atoms with van der Waals surface area (Å²) in [6.45, 7) is 0.0620. The van der Waals surface area contributed by atoms with E-state index in [4.69, 9.17) is 26.3 Å². The molecule has 0 spiro atoms. The number of carbonyl (C=O) groups excluding carboxylic acids is 1. The van der Waals surface area contributed by atoms with Gasteiger partial charge in [-0.1, -0.05) is 23.7 Å². The molecule has 0 fully saturated rings. The maximum Gasteiger partial charge on any atom is 0.305 e. The van der Waals surface area contributed by atoms with Gasteiger partial charge < -0.3 is 9.84 Å². The van der Waals surface area contributed by atoms with Crippen molar-refractivity contribution in [2.24, 2.45) is 0 Å². The normalized spacial score (nSPS) is 10.3. The number of carboxylic acid groups (broad SMARTS) is 1. The van der Waals surface area contributed by atoms with Crippen molar-refractivity contribution in [2.75, 3.05) is 13.7 Å². The Morgan fingerprint density at radius 1 is 1.08 bits per heavy atom. The van der Waals surface area contributed by atoms with Gasteiger partial charge in [0.2, 0.25) is 0 Å². The summed E-state index contributed by atoms with van der Waals surface area (Å²) in [5, 5.41) is 10.5. The number of ether oxygens (including phenoxy) is 1. The maximum absolute atomic E-state index is 12.6. The van der Waals surface area contributed by atoms with E-state index in [9.17, 15) is 9.59 Å². The van der Waals surface area contributed by atoms with Crippen molar-refractivity contribution in [2.45, 2.75) is 13.0 Å². The van der Waals surface area contributed by atoms with Crippen LogP contribution in [0.1, 0.15) is 22.3 Å². The van der Waals surface area contributed by atoms with Crippen molar-refractivity contribution in [1.82, 2.24) is 5.06 Å². The van der Waals surface area contributed by atoms with Crippen LogP contribution in [0, 0.1) is 0 Å². The van der Waals surface area contributed by atoms with Gasteiger partial charge in [0, 0.05) is 10.6 Å². The zero-order valence-corrected chi connectivity index (χ0v) is 14.4. The summed E-state index contributed by atoms with van der Waals surface area (Å²) in [6, 6.07) is 13.5. The van der Waals surface area contributed by atoms with E-state index >= 15 is 0 Å². The summed E-state index contributed by atoms with van der Waals surface area (Å²) in [5.74, 6) is -0.809. The minimum absolute atomic E-state index is 0.0617. The first-order valence-electron chi connectivity index (χ1n) is 7.54. The van der Waals surface area contributed by atoms with Crippen molar-refractivity contribution >= 4 is 23.5 Å². The number of carboxylic acids is 1. The third kappa shape index (κ3) is 5.77. The SMILES string of the molecule is COc1ccc(C(=O)N(CCC(=O)O)OCc2ccc(Cl)cc2)cc1. The van der Waals surface area contributed by atoms with Crippen LogP contribution in [0.5, 0.6) is 5.75 Å². The van der Waals surface area contributed by atoms with Gasteiger partial charge in [-0.15, -0.1) is 0 Å². The lowest BCUT2D eigenvalue weighted by Gasteiger charge is -2.21. The van der Waals surface area contributed by atoms with Crippen molar-refractivity contribution in [3.8, 4) is 5.75 Å². The van der Waals surface area contributed by atoms with E-state index in [0.29, 0.717) is 16.3 Å². The number of methoxy groups -OCH3 is 1. The largest absolute Gasteiger partial charge is 0.497 e. The Balaban J connectivity index is 2.08. The Hall–Kier alpha value is -2.57. The molecule has 25 heavy (non-hydrogen) atoms. The fraction of sp³-hybridized carbons (Fsp3) is 0.222. The Kier molecular flexibility index (Phi) is 6.80. The Bertz CT molecular complexity index is 715. The highest BCUT2D eigenvalue weighted by molar-refractivity contribution is 6.30. The van der Waals surface area contributed by atoms with Crippen molar-refractivity contribution in [3.63, 3.8) is 0 Å². The van der Waals surface area contributed by atoms with Crippen LogP contribution in [0.2, 0.25) is 5.02 Å². The highest BCUT2D eigenvalue weighted by Gasteiger charge is 2.18. The molecule has 0 saturated heterocycles. The second-order valence-electron chi connectivity index (χ2n) is 5.18. The van der Waals surface area contributed by atoms with Gasteiger partial charge >= 0.3 is 5.97 Å². The van der Waals surface area contributed by atoms with Gasteiger partial charge in [0.05, 0.1) is 20.1 Å². The van der Waals surface area contributed by atoms with E-state index in [0.717, 1.165) is 10.6 Å². The van der Waals surface area contributed by atoms with Crippen LogP contribution >= 0.6 is 11.6 Å². The predicted octanol–water partition coefficient (Wildman–Crippen LogP) is 3.40. The number of nitrogens with zero attached hydrogens (tertiary/aromatic N) is 1. The number of hydroxylamine groups is 2. The molecular formula is C18H18ClNO5. The molecule has 0 bridgehead atoms. The molecule has 7 heteroatoms. The lowest BCUT2D eigenvalue weighted by molar-refractivity contribution is -0.148. The second kappa shape index (κ2) is 9.05. The van der Waals surface area contributed by atoms with E-state index in [1.807, 2.05) is 0 Å². The van der Waals surface area contributed by atoms with Gasteiger partial charge in [-0.2, -0.15) is 0 Å². The van der Waals surface area contributed by atoms with Crippen LogP contribution in [-0.2, 0) is 16.2 Å². The third-order valence-corrected chi connectivity index (χ3v) is 3.64. The van der Waals surface area contributed by atoms with Crippen LogP contribution in [-0.4, -0.2) is 35.7 Å². The van der Waals surface area contributed by atoms with Gasteiger partial charge in [-0.25, -0.2) is 5.06 Å². The van der Waals surface area contributed by atoms with Crippen LogP contribution in [0.3, 0.4) is 0 Å². The van der Waals surface area contributed by atoms with Gasteiger partial charge in [0.15, 0.2) is 0 Å². The summed E-state index contributed by atoms with van der Waals surface area (Å²) in [6.07, 6.45) is -0.220. The summed E-state index contributed by atoms with van der Waals surface area (Å²) in [7, 11) is 1.53. The van der Waals surface area contributed by atoms with E-state index < -0.39 is 11.9 Å². The zero-order chi connectivity index (χ0) is 18.2. The van der Waals surface area contributed by atoms with Crippen LogP contribution < -0.4 is 4.74 Å². The predicted molar refractivity (Wildman–Crippen MR) is 92.5 cm³/mol. The first-order chi connectivity index (χ1) is 12.0. The fourth-order valence-electron chi connectivity index (χ4n) is 2.03. The average Bonchev–Trinajstić information content (AvgIpc) is 2.62. The average molecular weight is 364 g/mol. The highest BCUT2D eigenvalue weighted by Crippen LogP contribution is 2.15. The number of halogens is 1. The smallest absolute Gasteiger partial charge is 0.305 e. The summed E-state index contributed by atoms with van der Waals surface area (Å²) in [5.41, 5.74) is 1.19. The molecule has 0 atom stereocenters. The lowest BCUT2D eigenvalue weighted by Crippen LogP contribution is -2.33. The molecule has 1 amide bonds. The molecule has 0 saturated carbocycles. The van der Waals surface area contributed by atoms with Gasteiger partial charge in [0.1, 0.15) is 12.4 Å². The zero-order valence-electron chi connectivity index (χ0n) is 13.6. The fourth-order valence-corrected chi connectivity index (χ4v) is 2.16. The van der Waals surface area contributed by atoms with Crippen LogP contribution in [0.15, 0.2) is 48.5 Å². The van der Waals surface area contributed by atoms with Gasteiger partial charge in [-0.05, 0) is 42.0 Å². The molecule has 0 unspecified atom stereocenters. The number of hydrogen-bond acceptors (Lipinski definition) is 4. The Morgan fingerprint density at radius 2 is 1.72 bits per heavy atom. The molecule has 6 nitrogen and oxygen atoms in total. The highest BCUT2D eigenvalue weighted by atomic mass is 35.5. The molecule has 0 aliphatic rings. The molecule has 2 aromatic carbocycles. The topological polar surface area (TPSA) is 76.1 Å². The monoisotopic (exact) mass is 363 g/mol. The molecule has 0 aliphatic carbocycles. The van der Waals surface area contributed by atoms with Crippen LogP contribution in [0.4, 0.5) is 0 Å².